The Hall–Kier alpha value is -2.71. The Bertz CT molecular complexity index is 885. The molecule has 0 spiro atoms. The Kier molecular flexibility index (Phi) is 9.45. The molecule has 1 heterocycles. The van der Waals surface area contributed by atoms with Crippen LogP contribution in [0.1, 0.15) is 48.0 Å². The molecule has 0 aromatic heterocycles. The van der Waals surface area contributed by atoms with Crippen LogP contribution in [0.2, 0.25) is 0 Å². The van der Waals surface area contributed by atoms with Gasteiger partial charge in [0.05, 0.1) is 18.8 Å². The highest BCUT2D eigenvalue weighted by atomic mass is 16.7. The standard InChI is InChI=1S/C26H35N3O4/c1-4-14-29(3)17-23-15-24(21-10-8-20(18-30)9-11-21)33-25(32-23)22-12-6-19(7-13-22)16-28-26(31)27-5-2/h4,6-13,23-25,30H,1,5,14-18H2,2-3H3,(H2,27,28,31)/t23-,24+,25?/m0/s1. The number of likely N-dealkylation sites (N-methyl/N-ethyl adjacent to an activating group) is 1. The summed E-state index contributed by atoms with van der Waals surface area (Å²) >= 11 is 0. The maximum absolute atomic E-state index is 11.6. The normalized spacial score (nSPS) is 20.4. The quantitative estimate of drug-likeness (QED) is 0.478. The van der Waals surface area contributed by atoms with Gasteiger partial charge in [-0.25, -0.2) is 4.79 Å². The highest BCUT2D eigenvalue weighted by Crippen LogP contribution is 2.38. The van der Waals surface area contributed by atoms with Crippen LogP contribution in [0.15, 0.2) is 61.2 Å². The molecule has 0 bridgehead atoms. The molecule has 3 atom stereocenters. The highest BCUT2D eigenvalue weighted by Gasteiger charge is 2.32. The zero-order chi connectivity index (χ0) is 23.6. The monoisotopic (exact) mass is 453 g/mol. The van der Waals surface area contributed by atoms with Gasteiger partial charge in [0.1, 0.15) is 0 Å². The molecule has 1 aliphatic heterocycles. The van der Waals surface area contributed by atoms with Gasteiger partial charge in [-0.2, -0.15) is 0 Å². The van der Waals surface area contributed by atoms with Gasteiger partial charge in [0.2, 0.25) is 0 Å². The third-order valence-corrected chi connectivity index (χ3v) is 5.61. The number of hydrogen-bond acceptors (Lipinski definition) is 5. The maximum Gasteiger partial charge on any atom is 0.315 e. The Labute approximate surface area is 196 Å². The van der Waals surface area contributed by atoms with Crippen molar-refractivity contribution >= 4 is 6.03 Å². The van der Waals surface area contributed by atoms with Crippen molar-refractivity contribution in [1.82, 2.24) is 15.5 Å². The number of nitrogens with one attached hydrogen (secondary N) is 2. The second-order valence-electron chi connectivity index (χ2n) is 8.31. The smallest absolute Gasteiger partial charge is 0.315 e. The molecule has 7 nitrogen and oxygen atoms in total. The topological polar surface area (TPSA) is 83.1 Å². The summed E-state index contributed by atoms with van der Waals surface area (Å²) in [7, 11) is 2.05. The first-order valence-corrected chi connectivity index (χ1v) is 11.4. The van der Waals surface area contributed by atoms with E-state index in [2.05, 4.69) is 29.2 Å². The Morgan fingerprint density at radius 2 is 1.76 bits per heavy atom. The zero-order valence-corrected chi connectivity index (χ0v) is 19.5. The first-order valence-electron chi connectivity index (χ1n) is 11.4. The third kappa shape index (κ3) is 7.40. The molecule has 178 valence electrons. The number of ether oxygens (including phenoxy) is 2. The van der Waals surface area contributed by atoms with Crippen molar-refractivity contribution in [3.8, 4) is 0 Å². The van der Waals surface area contributed by atoms with Gasteiger partial charge in [-0.3, -0.25) is 0 Å². The Balaban J connectivity index is 1.72. The van der Waals surface area contributed by atoms with Crippen LogP contribution in [0.25, 0.3) is 0 Å². The van der Waals surface area contributed by atoms with Crippen LogP contribution < -0.4 is 10.6 Å². The molecule has 1 fully saturated rings. The summed E-state index contributed by atoms with van der Waals surface area (Å²) in [6.07, 6.45) is 2.02. The first kappa shape index (κ1) is 24.9. The van der Waals surface area contributed by atoms with E-state index < -0.39 is 6.29 Å². The van der Waals surface area contributed by atoms with Gasteiger partial charge in [-0.15, -0.1) is 6.58 Å². The molecular formula is C26H35N3O4. The first-order chi connectivity index (χ1) is 16.0. The Morgan fingerprint density at radius 1 is 1.09 bits per heavy atom. The van der Waals surface area contributed by atoms with E-state index in [1.54, 1.807) is 0 Å². The molecule has 2 aromatic rings. The van der Waals surface area contributed by atoms with Crippen LogP contribution in [-0.2, 0) is 22.6 Å². The van der Waals surface area contributed by atoms with Crippen molar-refractivity contribution in [2.24, 2.45) is 0 Å². The average Bonchev–Trinajstić information content (AvgIpc) is 2.83. The number of urea groups is 1. The van der Waals surface area contributed by atoms with E-state index in [0.717, 1.165) is 41.8 Å². The molecule has 2 aromatic carbocycles. The zero-order valence-electron chi connectivity index (χ0n) is 19.5. The molecular weight excluding hydrogens is 418 g/mol. The van der Waals surface area contributed by atoms with Crippen molar-refractivity contribution in [1.29, 1.82) is 0 Å². The van der Waals surface area contributed by atoms with Gasteiger partial charge in [0.25, 0.3) is 0 Å². The number of aliphatic hydroxyl groups excluding tert-OH is 1. The summed E-state index contributed by atoms with van der Waals surface area (Å²) < 4.78 is 12.7. The molecule has 0 aliphatic carbocycles. The number of benzene rings is 2. The van der Waals surface area contributed by atoms with Crippen molar-refractivity contribution < 1.29 is 19.4 Å². The molecule has 1 unspecified atom stereocenters. The molecule has 7 heteroatoms. The molecule has 1 aliphatic rings. The number of rotatable bonds is 10. The fourth-order valence-corrected chi connectivity index (χ4v) is 3.87. The predicted molar refractivity (Wildman–Crippen MR) is 128 cm³/mol. The van der Waals surface area contributed by atoms with E-state index in [1.807, 2.05) is 61.5 Å². The molecule has 1 saturated heterocycles. The number of nitrogens with zero attached hydrogens (tertiary/aromatic N) is 1. The summed E-state index contributed by atoms with van der Waals surface area (Å²) in [5.41, 5.74) is 3.88. The van der Waals surface area contributed by atoms with Crippen LogP contribution in [0.5, 0.6) is 0 Å². The molecule has 3 N–H and O–H groups in total. The SMILES string of the molecule is C=CCN(C)C[C@@H]1C[C@H](c2ccc(CO)cc2)OC(c2ccc(CNC(=O)NCC)cc2)O1. The third-order valence-electron chi connectivity index (χ3n) is 5.61. The van der Waals surface area contributed by atoms with Crippen LogP contribution >= 0.6 is 0 Å². The average molecular weight is 454 g/mol. The van der Waals surface area contributed by atoms with E-state index in [1.165, 1.54) is 0 Å². The lowest BCUT2D eigenvalue weighted by Gasteiger charge is -2.37. The second kappa shape index (κ2) is 12.5. The molecule has 33 heavy (non-hydrogen) atoms. The minimum absolute atomic E-state index is 0.00435. The van der Waals surface area contributed by atoms with Gasteiger partial charge >= 0.3 is 6.03 Å². The number of amides is 2. The number of carbonyl (C=O) groups is 1. The van der Waals surface area contributed by atoms with Crippen molar-refractivity contribution in [2.45, 2.75) is 45.0 Å². The van der Waals surface area contributed by atoms with Crippen molar-refractivity contribution in [3.63, 3.8) is 0 Å². The molecule has 2 amide bonds. The van der Waals surface area contributed by atoms with Gasteiger partial charge in [-0.1, -0.05) is 54.6 Å². The van der Waals surface area contributed by atoms with E-state index in [-0.39, 0.29) is 24.8 Å². The van der Waals surface area contributed by atoms with Gasteiger partial charge in [0.15, 0.2) is 6.29 Å². The van der Waals surface area contributed by atoms with Gasteiger partial charge in [0, 0.05) is 38.2 Å². The van der Waals surface area contributed by atoms with E-state index in [4.69, 9.17) is 9.47 Å². The molecule has 3 rings (SSSR count). The van der Waals surface area contributed by atoms with E-state index in [0.29, 0.717) is 13.1 Å². The van der Waals surface area contributed by atoms with E-state index >= 15 is 0 Å². The fourth-order valence-electron chi connectivity index (χ4n) is 3.87. The van der Waals surface area contributed by atoms with Crippen LogP contribution in [-0.4, -0.2) is 48.8 Å². The second-order valence-corrected chi connectivity index (χ2v) is 8.31. The fraction of sp³-hybridized carbons (Fsp3) is 0.423. The predicted octanol–water partition coefficient (Wildman–Crippen LogP) is 3.66. The van der Waals surface area contributed by atoms with Crippen molar-refractivity contribution in [2.75, 3.05) is 26.7 Å². The van der Waals surface area contributed by atoms with Crippen molar-refractivity contribution in [3.05, 3.63) is 83.4 Å². The summed E-state index contributed by atoms with van der Waals surface area (Å²) in [5, 5.41) is 14.9. The number of carbonyl (C=O) groups excluding carboxylic acids is 1. The summed E-state index contributed by atoms with van der Waals surface area (Å²) in [6, 6.07) is 15.6. The van der Waals surface area contributed by atoms with Crippen LogP contribution in [0.4, 0.5) is 4.79 Å². The lowest BCUT2D eigenvalue weighted by atomic mass is 9.99. The minimum atomic E-state index is -0.492. The summed E-state index contributed by atoms with van der Waals surface area (Å²) in [5.74, 6) is 0. The lowest BCUT2D eigenvalue weighted by molar-refractivity contribution is -0.252. The highest BCUT2D eigenvalue weighted by molar-refractivity contribution is 5.73. The van der Waals surface area contributed by atoms with Crippen LogP contribution in [0, 0.1) is 0 Å². The van der Waals surface area contributed by atoms with E-state index in [9.17, 15) is 9.90 Å². The number of hydrogen-bond donors (Lipinski definition) is 3. The lowest BCUT2D eigenvalue weighted by Crippen LogP contribution is -2.37. The summed E-state index contributed by atoms with van der Waals surface area (Å²) in [4.78, 5) is 13.8. The Morgan fingerprint density at radius 3 is 2.39 bits per heavy atom. The molecule has 0 radical (unpaired) electrons. The van der Waals surface area contributed by atoms with Crippen LogP contribution in [0.3, 0.4) is 0 Å². The van der Waals surface area contributed by atoms with Gasteiger partial charge < -0.3 is 30.1 Å². The minimum Gasteiger partial charge on any atom is -0.392 e. The molecule has 0 saturated carbocycles. The van der Waals surface area contributed by atoms with Gasteiger partial charge in [-0.05, 0) is 30.7 Å². The summed E-state index contributed by atoms with van der Waals surface area (Å²) in [6.45, 7) is 8.33. The number of aliphatic hydroxyl groups is 1. The largest absolute Gasteiger partial charge is 0.392 e. The maximum atomic E-state index is 11.6.